The summed E-state index contributed by atoms with van der Waals surface area (Å²) in [4.78, 5) is 54.7. The molecule has 0 aromatic heterocycles. The number of carbonyl (C=O) groups excluding carboxylic acids is 3. The van der Waals surface area contributed by atoms with Gasteiger partial charge < -0.3 is 25.4 Å². The fourth-order valence-electron chi connectivity index (χ4n) is 5.51. The Labute approximate surface area is 284 Å². The molecule has 1 aliphatic heterocycles. The summed E-state index contributed by atoms with van der Waals surface area (Å²) in [6.45, 7) is -0.701. The van der Waals surface area contributed by atoms with Gasteiger partial charge in [-0.3, -0.25) is 25.1 Å². The first-order chi connectivity index (χ1) is 23.3. The van der Waals surface area contributed by atoms with E-state index in [2.05, 4.69) is 10.0 Å². The molecule has 6 N–H and O–H groups in total. The van der Waals surface area contributed by atoms with Gasteiger partial charge in [-0.1, -0.05) is 54.6 Å². The van der Waals surface area contributed by atoms with Crippen molar-refractivity contribution >= 4 is 56.3 Å². The van der Waals surface area contributed by atoms with Crippen LogP contribution in [0.4, 0.5) is 10.5 Å². The topological polar surface area (TPSA) is 216 Å². The summed E-state index contributed by atoms with van der Waals surface area (Å²) >= 11 is 0. The van der Waals surface area contributed by atoms with Gasteiger partial charge in [-0.2, -0.15) is 0 Å². The number of nitrogens with two attached hydrogens (primary N) is 1. The Hall–Kier alpha value is -5.06. The number of rotatable bonds is 13. The van der Waals surface area contributed by atoms with E-state index in [0.717, 1.165) is 16.0 Å². The molecule has 3 aromatic rings. The molecule has 3 amide bonds. The largest absolute Gasteiger partial charge is 0.480 e. The Morgan fingerprint density at radius 2 is 1.73 bits per heavy atom. The standard InChI is InChI=1S/C33H41N7O8S/c1-38(2)26-15-6-13-24-23(26)12-7-17-28(24)49(46,47)36-20-29(41)39-18-9-16-27(39)30(42)37-32(35)40(19-8-14-25(34)31(43)44)33(45)48-21-22-10-4-3-5-11-22/h3-7,10-13,15,17,25,27,36H,8-9,14,16,18-21,34H2,1-2H3,(H,43,44)(H2,35,37,42)/t25-,27-/m0/s1. The van der Waals surface area contributed by atoms with Crippen molar-refractivity contribution < 1.29 is 37.4 Å². The molecule has 0 bridgehead atoms. The van der Waals surface area contributed by atoms with E-state index in [1.165, 1.54) is 11.0 Å². The number of carboxylic acids is 1. The Balaban J connectivity index is 1.41. The third-order valence-electron chi connectivity index (χ3n) is 8.07. The van der Waals surface area contributed by atoms with E-state index < -0.39 is 58.5 Å². The summed E-state index contributed by atoms with van der Waals surface area (Å²) in [6.07, 6.45) is -0.155. The summed E-state index contributed by atoms with van der Waals surface area (Å²) in [5.41, 5.74) is 7.10. The van der Waals surface area contributed by atoms with Crippen LogP contribution in [0, 0.1) is 5.41 Å². The zero-order valence-electron chi connectivity index (χ0n) is 27.3. The predicted octanol–water partition coefficient (Wildman–Crippen LogP) is 2.06. The number of amides is 3. The first-order valence-corrected chi connectivity index (χ1v) is 17.1. The third kappa shape index (κ3) is 9.31. The van der Waals surface area contributed by atoms with Crippen molar-refractivity contribution in [1.29, 1.82) is 5.41 Å². The molecular formula is C33H41N7O8S. The van der Waals surface area contributed by atoms with Gasteiger partial charge in [-0.25, -0.2) is 22.8 Å². The van der Waals surface area contributed by atoms with E-state index in [4.69, 9.17) is 21.0 Å². The molecule has 16 heteroatoms. The maximum atomic E-state index is 13.4. The third-order valence-corrected chi connectivity index (χ3v) is 9.53. The summed E-state index contributed by atoms with van der Waals surface area (Å²) in [7, 11) is -0.429. The molecule has 4 rings (SSSR count). The Morgan fingerprint density at radius 3 is 2.43 bits per heavy atom. The molecule has 1 fully saturated rings. The number of carboxylic acid groups (broad SMARTS) is 1. The molecule has 0 unspecified atom stereocenters. The molecule has 15 nitrogen and oxygen atoms in total. The van der Waals surface area contributed by atoms with Gasteiger partial charge in [0.05, 0.1) is 11.4 Å². The van der Waals surface area contributed by atoms with Crippen molar-refractivity contribution in [3.8, 4) is 0 Å². The Bertz CT molecular complexity index is 1800. The highest BCUT2D eigenvalue weighted by atomic mass is 32.2. The average molecular weight is 696 g/mol. The van der Waals surface area contributed by atoms with Gasteiger partial charge >= 0.3 is 12.1 Å². The lowest BCUT2D eigenvalue weighted by molar-refractivity contribution is -0.138. The van der Waals surface area contributed by atoms with Gasteiger partial charge in [0.25, 0.3) is 0 Å². The van der Waals surface area contributed by atoms with E-state index in [9.17, 15) is 27.6 Å². The maximum absolute atomic E-state index is 13.4. The normalized spacial score (nSPS) is 15.0. The van der Waals surface area contributed by atoms with Crippen molar-refractivity contribution in [1.82, 2.24) is 19.8 Å². The van der Waals surface area contributed by atoms with Gasteiger partial charge in [0.2, 0.25) is 27.8 Å². The van der Waals surface area contributed by atoms with Crippen molar-refractivity contribution in [3.63, 3.8) is 0 Å². The van der Waals surface area contributed by atoms with Crippen LogP contribution in [-0.4, -0.2) is 99.0 Å². The van der Waals surface area contributed by atoms with Crippen molar-refractivity contribution in [2.45, 2.75) is 49.3 Å². The Kier molecular flexibility index (Phi) is 12.3. The minimum Gasteiger partial charge on any atom is -0.480 e. The summed E-state index contributed by atoms with van der Waals surface area (Å²) < 4.78 is 34.4. The molecule has 262 valence electrons. The summed E-state index contributed by atoms with van der Waals surface area (Å²) in [6, 6.07) is 16.8. The van der Waals surface area contributed by atoms with Crippen molar-refractivity contribution in [2.24, 2.45) is 5.73 Å². The number of nitrogens with zero attached hydrogens (tertiary/aromatic N) is 3. The van der Waals surface area contributed by atoms with E-state index >= 15 is 0 Å². The SMILES string of the molecule is CN(C)c1cccc2c(S(=O)(=O)NCC(=O)N3CCC[C@H]3C(=O)NC(=N)N(CCC[C@H](N)C(=O)O)C(=O)OCc3ccccc3)cccc12. The fourth-order valence-corrected chi connectivity index (χ4v) is 6.71. The lowest BCUT2D eigenvalue weighted by atomic mass is 10.1. The molecule has 1 aliphatic rings. The van der Waals surface area contributed by atoms with Gasteiger partial charge in [0.15, 0.2) is 0 Å². The number of carbonyl (C=O) groups is 4. The van der Waals surface area contributed by atoms with Crippen LogP contribution in [0.25, 0.3) is 10.8 Å². The van der Waals surface area contributed by atoms with Gasteiger partial charge in [-0.15, -0.1) is 0 Å². The van der Waals surface area contributed by atoms with Gasteiger partial charge in [-0.05, 0) is 43.4 Å². The number of benzene rings is 3. The van der Waals surface area contributed by atoms with E-state index in [1.807, 2.05) is 31.1 Å². The highest BCUT2D eigenvalue weighted by Crippen LogP contribution is 2.30. The second kappa shape index (κ2) is 16.4. The maximum Gasteiger partial charge on any atom is 0.416 e. The lowest BCUT2D eigenvalue weighted by Gasteiger charge is -2.27. The number of nitrogens with one attached hydrogen (secondary N) is 3. The van der Waals surface area contributed by atoms with Crippen LogP contribution < -0.4 is 20.7 Å². The van der Waals surface area contributed by atoms with Crippen LogP contribution in [0.2, 0.25) is 0 Å². The van der Waals surface area contributed by atoms with Crippen LogP contribution in [0.15, 0.2) is 71.6 Å². The van der Waals surface area contributed by atoms with Crippen LogP contribution in [0.1, 0.15) is 31.2 Å². The molecule has 3 aromatic carbocycles. The minimum absolute atomic E-state index is 0.00454. The number of ether oxygens (including phenoxy) is 1. The summed E-state index contributed by atoms with van der Waals surface area (Å²) in [5, 5.41) is 21.2. The molecule has 1 saturated heterocycles. The van der Waals surface area contributed by atoms with E-state index in [-0.39, 0.29) is 43.9 Å². The second-order valence-corrected chi connectivity index (χ2v) is 13.4. The smallest absolute Gasteiger partial charge is 0.416 e. The number of hydrogen-bond donors (Lipinski definition) is 5. The lowest BCUT2D eigenvalue weighted by Crippen LogP contribution is -2.54. The summed E-state index contributed by atoms with van der Waals surface area (Å²) in [5.74, 6) is -3.22. The number of hydrogen-bond acceptors (Lipinski definition) is 10. The molecule has 0 radical (unpaired) electrons. The zero-order chi connectivity index (χ0) is 35.7. The number of aliphatic carboxylic acids is 1. The van der Waals surface area contributed by atoms with Gasteiger partial charge in [0.1, 0.15) is 18.7 Å². The number of likely N-dealkylation sites (tertiary alicyclic amines) is 1. The van der Waals surface area contributed by atoms with Crippen molar-refractivity contribution in [3.05, 3.63) is 72.3 Å². The van der Waals surface area contributed by atoms with Crippen LogP contribution in [0.3, 0.4) is 0 Å². The molecule has 2 atom stereocenters. The predicted molar refractivity (Wildman–Crippen MR) is 182 cm³/mol. The number of guanidine groups is 1. The highest BCUT2D eigenvalue weighted by molar-refractivity contribution is 7.89. The zero-order valence-corrected chi connectivity index (χ0v) is 28.1. The Morgan fingerprint density at radius 1 is 1.04 bits per heavy atom. The van der Waals surface area contributed by atoms with E-state index in [1.54, 1.807) is 48.5 Å². The van der Waals surface area contributed by atoms with Crippen molar-refractivity contribution in [2.75, 3.05) is 38.6 Å². The molecule has 0 saturated carbocycles. The molecule has 0 aliphatic carbocycles. The molecule has 1 heterocycles. The average Bonchev–Trinajstić information content (AvgIpc) is 3.58. The van der Waals surface area contributed by atoms with Gasteiger partial charge in [0, 0.05) is 43.6 Å². The van der Waals surface area contributed by atoms with Crippen LogP contribution in [0.5, 0.6) is 0 Å². The first kappa shape index (κ1) is 36.8. The molecular weight excluding hydrogens is 654 g/mol. The second-order valence-electron chi connectivity index (χ2n) is 11.7. The molecule has 0 spiro atoms. The quantitative estimate of drug-likeness (QED) is 0.130. The highest BCUT2D eigenvalue weighted by Gasteiger charge is 2.36. The minimum atomic E-state index is -4.13. The molecule has 49 heavy (non-hydrogen) atoms. The number of anilines is 1. The number of fused-ring (bicyclic) bond motifs is 1. The first-order valence-electron chi connectivity index (χ1n) is 15.6. The van der Waals surface area contributed by atoms with Crippen LogP contribution in [-0.2, 0) is 35.8 Å². The number of sulfonamides is 1. The monoisotopic (exact) mass is 695 g/mol. The van der Waals surface area contributed by atoms with E-state index in [0.29, 0.717) is 17.4 Å². The fraction of sp³-hybridized carbons (Fsp3) is 0.364. The van der Waals surface area contributed by atoms with Crippen LogP contribution >= 0.6 is 0 Å².